The van der Waals surface area contributed by atoms with E-state index in [-0.39, 0.29) is 50.1 Å². The van der Waals surface area contributed by atoms with Gasteiger partial charge in [-0.2, -0.15) is 26.3 Å². The fraction of sp³-hybridized carbons (Fsp3) is 0.483. The van der Waals surface area contributed by atoms with Crippen LogP contribution in [-0.2, 0) is 17.1 Å². The summed E-state index contributed by atoms with van der Waals surface area (Å²) in [4.78, 5) is 41.9. The van der Waals surface area contributed by atoms with Crippen molar-refractivity contribution in [2.45, 2.75) is 56.0 Å². The van der Waals surface area contributed by atoms with Crippen LogP contribution in [0.2, 0.25) is 0 Å². The van der Waals surface area contributed by atoms with Crippen molar-refractivity contribution in [3.8, 4) is 0 Å². The van der Waals surface area contributed by atoms with Gasteiger partial charge in [0.2, 0.25) is 5.91 Å². The van der Waals surface area contributed by atoms with Crippen LogP contribution in [0.3, 0.4) is 0 Å². The molecule has 1 aliphatic carbocycles. The molecule has 2 saturated heterocycles. The number of anilines is 1. The Morgan fingerprint density at radius 1 is 0.841 bits per heavy atom. The minimum atomic E-state index is -5.08. The number of rotatable bonds is 5. The summed E-state index contributed by atoms with van der Waals surface area (Å²) in [5, 5.41) is 11.4. The Morgan fingerprint density at radius 2 is 1.43 bits per heavy atom. The Morgan fingerprint density at radius 3 is 1.98 bits per heavy atom. The molecule has 2 aromatic rings. The summed E-state index contributed by atoms with van der Waals surface area (Å²) in [5.41, 5.74) is -3.01. The Bertz CT molecular complexity index is 1380. The molecule has 0 aromatic heterocycles. The number of nitrogens with one attached hydrogen (secondary N) is 1. The summed E-state index contributed by atoms with van der Waals surface area (Å²) in [7, 11) is 0. The number of alkyl halides is 6. The molecule has 2 heterocycles. The van der Waals surface area contributed by atoms with E-state index in [2.05, 4.69) is 5.32 Å². The number of carbonyl (C=O) groups is 3. The lowest BCUT2D eigenvalue weighted by atomic mass is 9.85. The monoisotopic (exact) mass is 630 g/mol. The van der Waals surface area contributed by atoms with Gasteiger partial charge < -0.3 is 20.2 Å². The van der Waals surface area contributed by atoms with Crippen LogP contribution in [0.15, 0.2) is 42.5 Å². The molecule has 238 valence electrons. The van der Waals surface area contributed by atoms with Crippen molar-refractivity contribution >= 4 is 23.7 Å². The van der Waals surface area contributed by atoms with Crippen LogP contribution < -0.4 is 10.2 Å². The fourth-order valence-electron chi connectivity index (χ4n) is 6.43. The molecule has 5 rings (SSSR count). The highest BCUT2D eigenvalue weighted by Crippen LogP contribution is 2.41. The van der Waals surface area contributed by atoms with Crippen LogP contribution in [0.25, 0.3) is 0 Å². The Balaban J connectivity index is 1.39. The number of halogens is 7. The quantitative estimate of drug-likeness (QED) is 0.401. The third-order valence-corrected chi connectivity index (χ3v) is 8.63. The van der Waals surface area contributed by atoms with E-state index in [1.165, 1.54) is 29.2 Å². The predicted octanol–water partition coefficient (Wildman–Crippen LogP) is 5.93. The molecule has 44 heavy (non-hydrogen) atoms. The number of hydrogen-bond donors (Lipinski definition) is 2. The largest absolute Gasteiger partial charge is 0.465 e. The van der Waals surface area contributed by atoms with Gasteiger partial charge in [-0.05, 0) is 61.6 Å². The summed E-state index contributed by atoms with van der Waals surface area (Å²) in [6.07, 6.45) is -9.48. The van der Waals surface area contributed by atoms with Gasteiger partial charge in [-0.15, -0.1) is 0 Å². The first-order valence-corrected chi connectivity index (χ1v) is 14.0. The van der Waals surface area contributed by atoms with E-state index in [0.717, 1.165) is 4.90 Å². The van der Waals surface area contributed by atoms with Crippen molar-refractivity contribution in [3.63, 3.8) is 0 Å². The summed E-state index contributed by atoms with van der Waals surface area (Å²) in [6.45, 7) is 0.0174. The van der Waals surface area contributed by atoms with Crippen LogP contribution in [-0.4, -0.2) is 71.2 Å². The number of hydrogen-bond acceptors (Lipinski definition) is 3. The lowest BCUT2D eigenvalue weighted by molar-refractivity contribution is -0.143. The number of nitrogens with zero attached hydrogens (tertiary/aromatic N) is 3. The molecule has 0 radical (unpaired) electrons. The minimum Gasteiger partial charge on any atom is -0.465 e. The minimum absolute atomic E-state index is 0.00194. The van der Waals surface area contributed by atoms with E-state index < -0.39 is 59.1 Å². The molecule has 0 unspecified atom stereocenters. The van der Waals surface area contributed by atoms with Crippen molar-refractivity contribution in [1.29, 1.82) is 0 Å². The molecule has 2 aromatic carbocycles. The average Bonchev–Trinajstić information content (AvgIpc) is 3.55. The second-order valence-electron chi connectivity index (χ2n) is 11.4. The highest BCUT2D eigenvalue weighted by atomic mass is 19.4. The van der Waals surface area contributed by atoms with E-state index in [1.807, 2.05) is 0 Å². The molecule has 2 N–H and O–H groups in total. The van der Waals surface area contributed by atoms with E-state index in [0.29, 0.717) is 43.4 Å². The first-order valence-electron chi connectivity index (χ1n) is 14.0. The molecule has 3 aliphatic rings. The zero-order chi connectivity index (χ0) is 32.0. The van der Waals surface area contributed by atoms with Gasteiger partial charge in [-0.3, -0.25) is 9.69 Å². The van der Waals surface area contributed by atoms with Crippen LogP contribution in [0, 0.1) is 11.7 Å². The van der Waals surface area contributed by atoms with E-state index in [4.69, 9.17) is 5.11 Å². The van der Waals surface area contributed by atoms with Crippen molar-refractivity contribution < 1.29 is 50.2 Å². The molecular weight excluding hydrogens is 601 g/mol. The van der Waals surface area contributed by atoms with Gasteiger partial charge in [0.05, 0.1) is 17.2 Å². The van der Waals surface area contributed by atoms with Crippen LogP contribution >= 0.6 is 0 Å². The van der Waals surface area contributed by atoms with Gasteiger partial charge in [0, 0.05) is 49.7 Å². The normalized spacial score (nSPS) is 24.6. The number of urea groups is 1. The first kappa shape index (κ1) is 31.4. The zero-order valence-electron chi connectivity index (χ0n) is 23.2. The molecule has 8 nitrogen and oxygen atoms in total. The van der Waals surface area contributed by atoms with Gasteiger partial charge in [0.25, 0.3) is 0 Å². The molecular formula is C29H29F7N4O4. The van der Waals surface area contributed by atoms with Crippen molar-refractivity contribution in [2.75, 3.05) is 31.1 Å². The lowest BCUT2D eigenvalue weighted by Crippen LogP contribution is -2.45. The number of likely N-dealkylation sites (tertiary alicyclic amines) is 1. The SMILES string of the molecule is O=C(O)NC1CCC(C(=O)N2C[C@@H](N3CCN(c4cc(C(F)(F)F)cc(C(F)(F)F)c4)C3=O)[C@H](c3ccc(F)cc3)C2)CC1. The number of benzene rings is 2. The molecule has 3 fully saturated rings. The second kappa shape index (κ2) is 11.8. The van der Waals surface area contributed by atoms with Crippen LogP contribution in [0.4, 0.5) is 46.0 Å². The van der Waals surface area contributed by atoms with Gasteiger partial charge in [-0.25, -0.2) is 14.0 Å². The van der Waals surface area contributed by atoms with Gasteiger partial charge in [0.1, 0.15) is 5.82 Å². The predicted molar refractivity (Wildman–Crippen MR) is 142 cm³/mol. The maximum Gasteiger partial charge on any atom is 0.416 e. The topological polar surface area (TPSA) is 93.2 Å². The van der Waals surface area contributed by atoms with Crippen LogP contribution in [0.5, 0.6) is 0 Å². The Labute approximate surface area is 247 Å². The first-order chi connectivity index (χ1) is 20.6. The van der Waals surface area contributed by atoms with Gasteiger partial charge in [0.15, 0.2) is 0 Å². The molecule has 2 aliphatic heterocycles. The van der Waals surface area contributed by atoms with Gasteiger partial charge in [-0.1, -0.05) is 12.1 Å². The molecule has 0 spiro atoms. The standard InChI is InChI=1S/C29H29F7N4O4/c30-20-5-1-16(2-6-20)23-14-38(25(41)17-3-7-21(8-4-17)37-26(42)43)15-24(23)40-10-9-39(27(40)44)22-12-18(28(31,32)33)11-19(13-22)29(34,35)36/h1-2,5-6,11-13,17,21,23-24,37H,3-4,7-10,14-15H2,(H,42,43)/t17?,21?,23-,24+/m0/s1. The van der Waals surface area contributed by atoms with Gasteiger partial charge >= 0.3 is 24.5 Å². The van der Waals surface area contributed by atoms with Crippen molar-refractivity contribution in [1.82, 2.24) is 15.1 Å². The average molecular weight is 631 g/mol. The van der Waals surface area contributed by atoms with Crippen LogP contribution in [0.1, 0.15) is 48.3 Å². The fourth-order valence-corrected chi connectivity index (χ4v) is 6.43. The summed E-state index contributed by atoms with van der Waals surface area (Å²) in [6, 6.07) is 4.76. The number of amides is 4. The lowest BCUT2D eigenvalue weighted by Gasteiger charge is -2.31. The van der Waals surface area contributed by atoms with E-state index in [9.17, 15) is 45.1 Å². The third-order valence-electron chi connectivity index (χ3n) is 8.63. The highest BCUT2D eigenvalue weighted by Gasteiger charge is 2.47. The van der Waals surface area contributed by atoms with Crippen molar-refractivity contribution in [3.05, 3.63) is 65.0 Å². The zero-order valence-corrected chi connectivity index (χ0v) is 23.2. The Kier molecular flexibility index (Phi) is 8.42. The second-order valence-corrected chi connectivity index (χ2v) is 11.4. The number of carbonyl (C=O) groups excluding carboxylic acids is 2. The maximum atomic E-state index is 13.7. The summed E-state index contributed by atoms with van der Waals surface area (Å²) >= 11 is 0. The van der Waals surface area contributed by atoms with E-state index >= 15 is 0 Å². The number of carboxylic acid groups (broad SMARTS) is 1. The highest BCUT2D eigenvalue weighted by molar-refractivity contribution is 5.95. The third kappa shape index (κ3) is 6.55. The Hall–Kier alpha value is -4.04. The maximum absolute atomic E-state index is 13.7. The smallest absolute Gasteiger partial charge is 0.416 e. The molecule has 2 atom stereocenters. The summed E-state index contributed by atoms with van der Waals surface area (Å²) < 4.78 is 94.6. The van der Waals surface area contributed by atoms with Crippen molar-refractivity contribution in [2.24, 2.45) is 5.92 Å². The molecule has 15 heteroatoms. The molecule has 0 bridgehead atoms. The molecule has 1 saturated carbocycles. The summed E-state index contributed by atoms with van der Waals surface area (Å²) in [5.74, 6) is -1.58. The van der Waals surface area contributed by atoms with E-state index in [1.54, 1.807) is 4.90 Å². The molecule has 4 amide bonds.